The Labute approximate surface area is 318 Å². The molecule has 0 unspecified atom stereocenters. The second kappa shape index (κ2) is 15.2. The summed E-state index contributed by atoms with van der Waals surface area (Å²) >= 11 is 6.32. The molecular weight excluding hydrogens is 734 g/mol. The molecule has 0 bridgehead atoms. The Morgan fingerprint density at radius 1 is 1.07 bits per heavy atom. The molecule has 3 amide bonds. The van der Waals surface area contributed by atoms with E-state index in [0.29, 0.717) is 64.3 Å². The molecule has 13 nitrogen and oxygen atoms in total. The van der Waals surface area contributed by atoms with E-state index in [2.05, 4.69) is 4.72 Å². The highest BCUT2D eigenvalue weighted by molar-refractivity contribution is 7.91. The molecule has 2 saturated carbocycles. The number of nitrogens with zero attached hydrogens (tertiary/aromatic N) is 3. The topological polar surface area (TPSA) is 184 Å². The van der Waals surface area contributed by atoms with Crippen LogP contribution >= 0.6 is 11.6 Å². The summed E-state index contributed by atoms with van der Waals surface area (Å²) in [5.41, 5.74) is 7.90. The lowest BCUT2D eigenvalue weighted by Crippen LogP contribution is -2.43. The average molecular weight is 778 g/mol. The Kier molecular flexibility index (Phi) is 10.6. The van der Waals surface area contributed by atoms with Gasteiger partial charge in [0.15, 0.2) is 5.82 Å². The highest BCUT2D eigenvalue weighted by Crippen LogP contribution is 2.44. The van der Waals surface area contributed by atoms with E-state index >= 15 is 0 Å². The number of likely N-dealkylation sites (tertiary alicyclic amines) is 1. The van der Waals surface area contributed by atoms with E-state index in [1.165, 1.54) is 4.90 Å². The van der Waals surface area contributed by atoms with Crippen LogP contribution in [-0.4, -0.2) is 71.6 Å². The Balaban J connectivity index is 0.916. The van der Waals surface area contributed by atoms with Crippen LogP contribution in [0.25, 0.3) is 33.5 Å². The van der Waals surface area contributed by atoms with Crippen LogP contribution in [0.5, 0.6) is 11.6 Å². The Morgan fingerprint density at radius 2 is 1.83 bits per heavy atom. The Morgan fingerprint density at radius 3 is 2.56 bits per heavy atom. The molecule has 1 saturated heterocycles. The highest BCUT2D eigenvalue weighted by atomic mass is 35.5. The van der Waals surface area contributed by atoms with E-state index in [0.717, 1.165) is 31.2 Å². The summed E-state index contributed by atoms with van der Waals surface area (Å²) in [4.78, 5) is 49.3. The van der Waals surface area contributed by atoms with Crippen molar-refractivity contribution in [2.24, 2.45) is 17.6 Å². The number of methoxy groups -OCH3 is 1. The van der Waals surface area contributed by atoms with Crippen LogP contribution in [0.2, 0.25) is 5.02 Å². The Hall–Kier alpha value is -4.69. The first kappa shape index (κ1) is 37.6. The predicted octanol–water partition coefficient (Wildman–Crippen LogP) is 6.07. The minimum atomic E-state index is -3.61. The number of hydrogen-bond donors (Lipinski definition) is 2. The molecule has 2 aliphatic carbocycles. The zero-order chi connectivity index (χ0) is 38.2. The summed E-state index contributed by atoms with van der Waals surface area (Å²) in [5.74, 6) is -0.106. The van der Waals surface area contributed by atoms with Crippen molar-refractivity contribution in [3.8, 4) is 23.0 Å². The van der Waals surface area contributed by atoms with Crippen LogP contribution in [0, 0.1) is 11.8 Å². The van der Waals surface area contributed by atoms with Gasteiger partial charge in [0.25, 0.3) is 5.88 Å². The number of aromatic nitrogens is 2. The summed E-state index contributed by atoms with van der Waals surface area (Å²) in [6.45, 7) is 1.83. The van der Waals surface area contributed by atoms with Gasteiger partial charge in [-0.3, -0.25) is 19.1 Å². The molecule has 7 rings (SSSR count). The standard InChI is InChI=1S/C39H44ClN5O8S/c1-39(17-18-39)54(49,50)44-37(48)28-19-24(28)9-7-5-3-4-6-8-10-32(46)45-22-27(21-30(45)35(41)47)52-38-34-33(29-20-25(40)13-16-31(29)53-34)42-36(43-38)23-11-14-26(51-2)15-12-23/h7,9,11-16,20,24,27-28,30H,3-6,8,10,17-19,21-22H2,1-2H3,(H2,41,47)(H,44,48)/b9-7-/t24-,27-,28+,30+/m1/s1. The molecule has 1 aliphatic heterocycles. The lowest BCUT2D eigenvalue weighted by molar-refractivity contribution is -0.137. The van der Waals surface area contributed by atoms with Gasteiger partial charge in [-0.15, -0.1) is 0 Å². The third-order valence-corrected chi connectivity index (χ3v) is 13.1. The van der Waals surface area contributed by atoms with Gasteiger partial charge in [0, 0.05) is 34.7 Å². The van der Waals surface area contributed by atoms with Gasteiger partial charge in [-0.2, -0.15) is 4.98 Å². The molecule has 0 radical (unpaired) electrons. The zero-order valence-corrected chi connectivity index (χ0v) is 31.8. The number of carbonyl (C=O) groups excluding carboxylic acids is 3. The first-order valence-corrected chi connectivity index (χ1v) is 20.2. The number of rotatable bonds is 16. The summed E-state index contributed by atoms with van der Waals surface area (Å²) in [7, 11) is -2.02. The van der Waals surface area contributed by atoms with E-state index in [1.54, 1.807) is 32.2 Å². The molecule has 3 heterocycles. The van der Waals surface area contributed by atoms with Crippen molar-refractivity contribution in [2.45, 2.75) is 88.0 Å². The number of benzene rings is 2. The molecule has 15 heteroatoms. The number of nitrogens with two attached hydrogens (primary N) is 1. The summed E-state index contributed by atoms with van der Waals surface area (Å²) in [5, 5.41) is 1.22. The molecule has 286 valence electrons. The fourth-order valence-electron chi connectivity index (χ4n) is 6.94. The SMILES string of the molecule is COc1ccc(-c2nc(O[C@@H]3C[C@@H](C(N)=O)N(C(=O)CCCCCC/C=C\[C@@H]4C[C@@H]4C(=O)NS(=O)(=O)C4(C)CC4)C3)c3oc4ccc(Cl)cc4c3n2)cc1. The predicted molar refractivity (Wildman–Crippen MR) is 203 cm³/mol. The Bertz CT molecular complexity index is 2220. The number of ether oxygens (including phenoxy) is 2. The normalized spacial score (nSPS) is 21.8. The number of unbranched alkanes of at least 4 members (excludes halogenated alkanes) is 4. The molecule has 54 heavy (non-hydrogen) atoms. The van der Waals surface area contributed by atoms with Crippen LogP contribution in [0.3, 0.4) is 0 Å². The number of fused-ring (bicyclic) bond motifs is 3. The maximum Gasteiger partial charge on any atom is 0.262 e. The van der Waals surface area contributed by atoms with E-state index < -0.39 is 38.7 Å². The maximum absolute atomic E-state index is 13.4. The number of furan rings is 1. The molecule has 3 fully saturated rings. The van der Waals surface area contributed by atoms with Crippen LogP contribution < -0.4 is 19.9 Å². The summed E-state index contributed by atoms with van der Waals surface area (Å²) in [6.07, 6.45) is 9.97. The highest BCUT2D eigenvalue weighted by Gasteiger charge is 2.52. The van der Waals surface area contributed by atoms with E-state index in [1.807, 2.05) is 36.4 Å². The third kappa shape index (κ3) is 8.04. The molecular formula is C39H44ClN5O8S. The van der Waals surface area contributed by atoms with Gasteiger partial charge in [-0.05, 0) is 93.8 Å². The lowest BCUT2D eigenvalue weighted by atomic mass is 10.1. The zero-order valence-electron chi connectivity index (χ0n) is 30.3. The molecule has 4 aromatic rings. The van der Waals surface area contributed by atoms with Crippen LogP contribution in [0.15, 0.2) is 59.0 Å². The van der Waals surface area contributed by atoms with Gasteiger partial charge in [0.1, 0.15) is 29.0 Å². The summed E-state index contributed by atoms with van der Waals surface area (Å²) < 4.78 is 44.0. The van der Waals surface area contributed by atoms with E-state index in [9.17, 15) is 22.8 Å². The van der Waals surface area contributed by atoms with Crippen LogP contribution in [0.1, 0.15) is 71.1 Å². The van der Waals surface area contributed by atoms with E-state index in [4.69, 9.17) is 41.2 Å². The van der Waals surface area contributed by atoms with Crippen molar-refractivity contribution in [3.63, 3.8) is 0 Å². The smallest absolute Gasteiger partial charge is 0.262 e. The summed E-state index contributed by atoms with van der Waals surface area (Å²) in [6, 6.07) is 11.7. The number of hydrogen-bond acceptors (Lipinski definition) is 10. The largest absolute Gasteiger partial charge is 0.497 e. The van der Waals surface area contributed by atoms with Gasteiger partial charge in [-0.1, -0.05) is 36.6 Å². The maximum atomic E-state index is 13.4. The molecule has 4 atom stereocenters. The van der Waals surface area contributed by atoms with Crippen molar-refractivity contribution in [3.05, 3.63) is 59.6 Å². The minimum absolute atomic E-state index is 0.0741. The first-order chi connectivity index (χ1) is 25.9. The van der Waals surface area contributed by atoms with Crippen molar-refractivity contribution < 1.29 is 36.7 Å². The van der Waals surface area contributed by atoms with Crippen molar-refractivity contribution in [1.29, 1.82) is 0 Å². The van der Waals surface area contributed by atoms with Crippen LogP contribution in [-0.2, 0) is 24.4 Å². The van der Waals surface area contributed by atoms with E-state index in [-0.39, 0.29) is 43.0 Å². The molecule has 3 aliphatic rings. The average Bonchev–Trinajstić information content (AvgIpc) is 4.02. The van der Waals surface area contributed by atoms with Gasteiger partial charge in [0.05, 0.1) is 18.4 Å². The second-order valence-electron chi connectivity index (χ2n) is 14.7. The molecule has 0 spiro atoms. The number of sulfonamides is 1. The minimum Gasteiger partial charge on any atom is -0.497 e. The molecule has 2 aromatic heterocycles. The molecule has 2 aromatic carbocycles. The fourth-order valence-corrected chi connectivity index (χ4v) is 8.41. The number of nitrogens with one attached hydrogen (secondary N) is 1. The van der Waals surface area contributed by atoms with Crippen molar-refractivity contribution in [1.82, 2.24) is 19.6 Å². The van der Waals surface area contributed by atoms with Gasteiger partial charge < -0.3 is 24.5 Å². The third-order valence-electron chi connectivity index (χ3n) is 10.7. The number of primary amides is 1. The lowest BCUT2D eigenvalue weighted by Gasteiger charge is -2.21. The number of carbonyl (C=O) groups is 3. The van der Waals surface area contributed by atoms with Gasteiger partial charge in [-0.25, -0.2) is 13.4 Å². The number of amides is 3. The monoisotopic (exact) mass is 777 g/mol. The second-order valence-corrected chi connectivity index (χ2v) is 17.4. The van der Waals surface area contributed by atoms with Crippen molar-refractivity contribution in [2.75, 3.05) is 13.7 Å². The van der Waals surface area contributed by atoms with Crippen molar-refractivity contribution >= 4 is 61.4 Å². The van der Waals surface area contributed by atoms with Crippen LogP contribution in [0.4, 0.5) is 0 Å². The quantitative estimate of drug-likeness (QED) is 0.100. The van der Waals surface area contributed by atoms with Gasteiger partial charge >= 0.3 is 0 Å². The van der Waals surface area contributed by atoms with Gasteiger partial charge in [0.2, 0.25) is 33.3 Å². The molecule has 3 N–H and O–H groups in total. The fraction of sp³-hybridized carbons (Fsp3) is 0.462. The number of allylic oxidation sites excluding steroid dienone is 2. The number of halogens is 1. The first-order valence-electron chi connectivity index (χ1n) is 18.4.